The van der Waals surface area contributed by atoms with E-state index in [-0.39, 0.29) is 5.75 Å². The standard InChI is InChI=1S/C11H26N2O2S2/c1-10(2)12-6-5-7-17(14,15)13-8-11(3)9-16-4/h10-13H,5-9H2,1-4H3. The molecule has 0 bridgehead atoms. The average molecular weight is 282 g/mol. The molecule has 0 aliphatic heterocycles. The normalized spacial score (nSPS) is 14.2. The maximum absolute atomic E-state index is 11.6. The fourth-order valence-electron chi connectivity index (χ4n) is 1.34. The van der Waals surface area contributed by atoms with Crippen LogP contribution in [0.25, 0.3) is 0 Å². The Hall–Kier alpha value is 0.220. The van der Waals surface area contributed by atoms with Crippen LogP contribution in [0.3, 0.4) is 0 Å². The van der Waals surface area contributed by atoms with Gasteiger partial charge in [-0.2, -0.15) is 11.8 Å². The molecule has 0 aliphatic rings. The summed E-state index contributed by atoms with van der Waals surface area (Å²) in [6.45, 7) is 7.45. The van der Waals surface area contributed by atoms with Gasteiger partial charge in [-0.05, 0) is 30.9 Å². The summed E-state index contributed by atoms with van der Waals surface area (Å²) in [6.07, 6.45) is 2.69. The van der Waals surface area contributed by atoms with E-state index in [2.05, 4.69) is 30.8 Å². The Morgan fingerprint density at radius 3 is 2.41 bits per heavy atom. The predicted molar refractivity (Wildman–Crippen MR) is 77.1 cm³/mol. The highest BCUT2D eigenvalue weighted by atomic mass is 32.2. The van der Waals surface area contributed by atoms with Crippen LogP contribution in [0.5, 0.6) is 0 Å². The van der Waals surface area contributed by atoms with E-state index in [1.807, 2.05) is 6.26 Å². The van der Waals surface area contributed by atoms with E-state index in [0.717, 1.165) is 12.3 Å². The second-order valence-electron chi connectivity index (χ2n) is 4.69. The van der Waals surface area contributed by atoms with Gasteiger partial charge in [0.05, 0.1) is 5.75 Å². The SMILES string of the molecule is CSCC(C)CNS(=O)(=O)CCCNC(C)C. The highest BCUT2D eigenvalue weighted by Gasteiger charge is 2.11. The highest BCUT2D eigenvalue weighted by molar-refractivity contribution is 7.98. The quantitative estimate of drug-likeness (QED) is 0.593. The van der Waals surface area contributed by atoms with E-state index in [0.29, 0.717) is 24.9 Å². The summed E-state index contributed by atoms with van der Waals surface area (Å²) in [5, 5.41) is 3.21. The number of hydrogen-bond donors (Lipinski definition) is 2. The van der Waals surface area contributed by atoms with Crippen molar-refractivity contribution in [1.29, 1.82) is 0 Å². The number of sulfonamides is 1. The molecule has 0 radical (unpaired) electrons. The summed E-state index contributed by atoms with van der Waals surface area (Å²) in [5.74, 6) is 1.57. The van der Waals surface area contributed by atoms with Gasteiger partial charge in [0.25, 0.3) is 0 Å². The van der Waals surface area contributed by atoms with Crippen LogP contribution >= 0.6 is 11.8 Å². The lowest BCUT2D eigenvalue weighted by Gasteiger charge is -2.12. The zero-order valence-corrected chi connectivity index (χ0v) is 13.0. The van der Waals surface area contributed by atoms with Crippen LogP contribution in [0.1, 0.15) is 27.2 Å². The largest absolute Gasteiger partial charge is 0.314 e. The Morgan fingerprint density at radius 2 is 1.88 bits per heavy atom. The maximum Gasteiger partial charge on any atom is 0.211 e. The molecule has 1 atom stereocenters. The molecule has 0 aromatic heterocycles. The molecule has 0 rings (SSSR count). The maximum atomic E-state index is 11.6. The first kappa shape index (κ1) is 17.2. The topological polar surface area (TPSA) is 58.2 Å². The Morgan fingerprint density at radius 1 is 1.24 bits per heavy atom. The van der Waals surface area contributed by atoms with Crippen LogP contribution in [0.4, 0.5) is 0 Å². The zero-order chi connectivity index (χ0) is 13.3. The first-order valence-electron chi connectivity index (χ1n) is 6.07. The summed E-state index contributed by atoms with van der Waals surface area (Å²) in [5.41, 5.74) is 0. The van der Waals surface area contributed by atoms with Crippen molar-refractivity contribution in [3.8, 4) is 0 Å². The van der Waals surface area contributed by atoms with Gasteiger partial charge < -0.3 is 5.32 Å². The van der Waals surface area contributed by atoms with Gasteiger partial charge in [-0.15, -0.1) is 0 Å². The van der Waals surface area contributed by atoms with Crippen molar-refractivity contribution in [3.63, 3.8) is 0 Å². The molecule has 4 nitrogen and oxygen atoms in total. The highest BCUT2D eigenvalue weighted by Crippen LogP contribution is 2.03. The van der Waals surface area contributed by atoms with Crippen LogP contribution in [0.15, 0.2) is 0 Å². The van der Waals surface area contributed by atoms with Gasteiger partial charge >= 0.3 is 0 Å². The Labute approximate surface area is 110 Å². The Balaban J connectivity index is 3.73. The van der Waals surface area contributed by atoms with Crippen molar-refractivity contribution in [2.24, 2.45) is 5.92 Å². The van der Waals surface area contributed by atoms with E-state index in [4.69, 9.17) is 0 Å². The van der Waals surface area contributed by atoms with Crippen LogP contribution in [0.2, 0.25) is 0 Å². The number of thioether (sulfide) groups is 1. The molecule has 0 aromatic carbocycles. The Kier molecular flexibility index (Phi) is 9.31. The lowest BCUT2D eigenvalue weighted by Crippen LogP contribution is -2.33. The summed E-state index contributed by atoms with van der Waals surface area (Å²) >= 11 is 1.74. The van der Waals surface area contributed by atoms with Crippen molar-refractivity contribution in [2.75, 3.05) is 30.9 Å². The van der Waals surface area contributed by atoms with Crippen molar-refractivity contribution < 1.29 is 8.42 Å². The molecule has 0 aliphatic carbocycles. The molecular formula is C11H26N2O2S2. The molecular weight excluding hydrogens is 256 g/mol. The molecule has 0 spiro atoms. The first-order chi connectivity index (χ1) is 7.87. The second kappa shape index (κ2) is 9.19. The van der Waals surface area contributed by atoms with Gasteiger partial charge in [0.15, 0.2) is 0 Å². The third-order valence-corrected chi connectivity index (χ3v) is 4.58. The van der Waals surface area contributed by atoms with Crippen molar-refractivity contribution in [2.45, 2.75) is 33.2 Å². The van der Waals surface area contributed by atoms with Crippen LogP contribution < -0.4 is 10.0 Å². The van der Waals surface area contributed by atoms with Gasteiger partial charge in [0.1, 0.15) is 0 Å². The third-order valence-electron chi connectivity index (χ3n) is 2.25. The molecule has 0 amide bonds. The van der Waals surface area contributed by atoms with Gasteiger partial charge in [0, 0.05) is 12.6 Å². The molecule has 104 valence electrons. The average Bonchev–Trinajstić information content (AvgIpc) is 2.22. The summed E-state index contributed by atoms with van der Waals surface area (Å²) in [6, 6.07) is 0.410. The number of nitrogens with one attached hydrogen (secondary N) is 2. The fourth-order valence-corrected chi connectivity index (χ4v) is 3.23. The molecule has 0 aromatic rings. The van der Waals surface area contributed by atoms with Gasteiger partial charge in [-0.25, -0.2) is 13.1 Å². The summed E-state index contributed by atoms with van der Waals surface area (Å²) < 4.78 is 25.9. The van der Waals surface area contributed by atoms with E-state index >= 15 is 0 Å². The molecule has 2 N–H and O–H groups in total. The molecule has 0 saturated carbocycles. The third kappa shape index (κ3) is 11.1. The lowest BCUT2D eigenvalue weighted by molar-refractivity contribution is 0.550. The first-order valence-corrected chi connectivity index (χ1v) is 9.11. The zero-order valence-electron chi connectivity index (χ0n) is 11.3. The van der Waals surface area contributed by atoms with E-state index in [1.54, 1.807) is 11.8 Å². The number of rotatable bonds is 10. The number of hydrogen-bond acceptors (Lipinski definition) is 4. The van der Waals surface area contributed by atoms with E-state index in [9.17, 15) is 8.42 Å². The fraction of sp³-hybridized carbons (Fsp3) is 1.00. The summed E-state index contributed by atoms with van der Waals surface area (Å²) in [7, 11) is -3.09. The monoisotopic (exact) mass is 282 g/mol. The van der Waals surface area contributed by atoms with Crippen LogP contribution in [0, 0.1) is 5.92 Å². The minimum absolute atomic E-state index is 0.207. The summed E-state index contributed by atoms with van der Waals surface area (Å²) in [4.78, 5) is 0. The second-order valence-corrected chi connectivity index (χ2v) is 7.53. The van der Waals surface area contributed by atoms with Crippen molar-refractivity contribution >= 4 is 21.8 Å². The lowest BCUT2D eigenvalue weighted by atomic mass is 10.2. The van der Waals surface area contributed by atoms with Crippen molar-refractivity contribution in [3.05, 3.63) is 0 Å². The molecule has 0 heterocycles. The van der Waals surface area contributed by atoms with E-state index < -0.39 is 10.0 Å². The Bertz CT molecular complexity index is 279. The molecule has 0 fully saturated rings. The van der Waals surface area contributed by atoms with Crippen molar-refractivity contribution in [1.82, 2.24) is 10.0 Å². The predicted octanol–water partition coefficient (Wildman–Crippen LogP) is 1.29. The van der Waals surface area contributed by atoms with Crippen LogP contribution in [-0.4, -0.2) is 45.3 Å². The van der Waals surface area contributed by atoms with Gasteiger partial charge in [-0.3, -0.25) is 0 Å². The molecule has 0 saturated heterocycles. The smallest absolute Gasteiger partial charge is 0.211 e. The molecule has 1 unspecified atom stereocenters. The molecule has 17 heavy (non-hydrogen) atoms. The van der Waals surface area contributed by atoms with Gasteiger partial charge in [-0.1, -0.05) is 20.8 Å². The van der Waals surface area contributed by atoms with Crippen LogP contribution in [-0.2, 0) is 10.0 Å². The van der Waals surface area contributed by atoms with E-state index in [1.165, 1.54) is 0 Å². The minimum atomic E-state index is -3.09. The minimum Gasteiger partial charge on any atom is -0.314 e. The van der Waals surface area contributed by atoms with Gasteiger partial charge in [0.2, 0.25) is 10.0 Å². The molecule has 6 heteroatoms.